The van der Waals surface area contributed by atoms with Crippen LogP contribution in [0.5, 0.6) is 0 Å². The first-order chi connectivity index (χ1) is 2.83. The largest absolute Gasteiger partial charge is 0.258 e. The van der Waals surface area contributed by atoms with Crippen molar-refractivity contribution >= 4 is 22.9 Å². The zero-order valence-corrected chi connectivity index (χ0v) is 4.82. The molecule has 0 aromatic heterocycles. The number of nitrogens with one attached hydrogen (secondary N) is 2. The van der Waals surface area contributed by atoms with Crippen molar-refractivity contribution in [2.24, 2.45) is 0 Å². The van der Waals surface area contributed by atoms with Gasteiger partial charge in [0, 0.05) is 22.9 Å². The topological polar surface area (TPSA) is 81.8 Å². The van der Waals surface area contributed by atoms with Gasteiger partial charge in [-0.1, -0.05) is 0 Å². The molecule has 0 fully saturated rings. The van der Waals surface area contributed by atoms with Crippen molar-refractivity contribution in [2.75, 3.05) is 0 Å². The van der Waals surface area contributed by atoms with E-state index in [4.69, 9.17) is 18.0 Å². The van der Waals surface area contributed by atoms with Crippen molar-refractivity contribution in [3.05, 3.63) is 0 Å². The summed E-state index contributed by atoms with van der Waals surface area (Å²) >= 11 is -1.83. The predicted octanol–water partition coefficient (Wildman–Crippen LogP) is -1.15. The Morgan fingerprint density at radius 1 is 1.00 bits per heavy atom. The van der Waals surface area contributed by atoms with Gasteiger partial charge in [-0.05, 0) is 0 Å². The Morgan fingerprint density at radius 3 is 1.00 bits per heavy atom. The summed E-state index contributed by atoms with van der Waals surface area (Å²) in [6.07, 6.45) is 0. The lowest BCUT2D eigenvalue weighted by Gasteiger charge is -1.13. The Kier molecular flexibility index (Phi) is 32.0. The summed E-state index contributed by atoms with van der Waals surface area (Å²) in [7, 11) is 0. The smallest absolute Gasteiger partial charge is 0.0218 e. The van der Waals surface area contributed by atoms with Crippen molar-refractivity contribution < 1.29 is 8.42 Å². The van der Waals surface area contributed by atoms with Gasteiger partial charge >= 0.3 is 0 Å². The highest BCUT2D eigenvalue weighted by atomic mass is 32.1. The van der Waals surface area contributed by atoms with Crippen LogP contribution in [0.2, 0.25) is 0 Å². The molecule has 0 amide bonds. The van der Waals surface area contributed by atoms with Gasteiger partial charge in [-0.2, -0.15) is 0 Å². The van der Waals surface area contributed by atoms with Crippen LogP contribution in [0.15, 0.2) is 0 Å². The van der Waals surface area contributed by atoms with Gasteiger partial charge in [0.1, 0.15) is 0 Å². The summed E-state index contributed by atoms with van der Waals surface area (Å²) in [4.78, 5) is 0. The molecule has 0 spiro atoms. The highest BCUT2D eigenvalue weighted by Gasteiger charge is 0.895. The molecule has 0 aliphatic carbocycles. The van der Waals surface area contributed by atoms with E-state index in [1.165, 1.54) is 0 Å². The SMILES string of the molecule is N=[SH2]=O.N=[SH2]=O. The van der Waals surface area contributed by atoms with Crippen molar-refractivity contribution in [1.29, 1.82) is 9.56 Å². The van der Waals surface area contributed by atoms with Gasteiger partial charge in [0.2, 0.25) is 0 Å². The molecule has 0 aromatic carbocycles. The minimum Gasteiger partial charge on any atom is -0.258 e. The second-order valence-electron chi connectivity index (χ2n) is 0.204. The lowest BCUT2D eigenvalue weighted by Crippen LogP contribution is -1.09. The van der Waals surface area contributed by atoms with Gasteiger partial charge in [0.05, 0.1) is 0 Å². The third-order valence-electron chi connectivity index (χ3n) is 0. The summed E-state index contributed by atoms with van der Waals surface area (Å²) in [5, 5.41) is 0. The molecule has 0 aliphatic heterocycles. The fourth-order valence-corrected chi connectivity index (χ4v) is 0. The maximum atomic E-state index is 8.62. The molecule has 4 nitrogen and oxygen atoms in total. The molecule has 0 radical (unpaired) electrons. The van der Waals surface area contributed by atoms with Crippen molar-refractivity contribution in [3.63, 3.8) is 0 Å². The third kappa shape index (κ3) is 3280. The van der Waals surface area contributed by atoms with Gasteiger partial charge < -0.3 is 0 Å². The van der Waals surface area contributed by atoms with Crippen molar-refractivity contribution in [2.45, 2.75) is 0 Å². The number of rotatable bonds is 0. The average molecular weight is 130 g/mol. The van der Waals surface area contributed by atoms with E-state index in [9.17, 15) is 0 Å². The Balaban J connectivity index is 0. The molecule has 0 rings (SSSR count). The molecule has 6 heteroatoms. The summed E-state index contributed by atoms with van der Waals surface area (Å²) in [6.45, 7) is 0. The molecular formula is H6N2O2S2. The lowest BCUT2D eigenvalue weighted by atomic mass is 14.0. The van der Waals surface area contributed by atoms with E-state index in [1.807, 2.05) is 0 Å². The van der Waals surface area contributed by atoms with Crippen LogP contribution >= 0.6 is 0 Å². The zero-order chi connectivity index (χ0) is 5.41. The van der Waals surface area contributed by atoms with Gasteiger partial charge in [-0.15, -0.1) is 0 Å². The van der Waals surface area contributed by atoms with Crippen molar-refractivity contribution in [3.8, 4) is 0 Å². The van der Waals surface area contributed by atoms with E-state index < -0.39 is 22.9 Å². The molecule has 2 N–H and O–H groups in total. The van der Waals surface area contributed by atoms with Crippen molar-refractivity contribution in [1.82, 2.24) is 0 Å². The first kappa shape index (κ1) is 9.31. The van der Waals surface area contributed by atoms with Crippen LogP contribution < -0.4 is 0 Å². The predicted molar refractivity (Wildman–Crippen MR) is 27.3 cm³/mol. The van der Waals surface area contributed by atoms with Gasteiger partial charge in [0.25, 0.3) is 0 Å². The summed E-state index contributed by atoms with van der Waals surface area (Å²) in [6, 6.07) is 0. The molecular weight excluding hydrogens is 124 g/mol. The van der Waals surface area contributed by atoms with Crippen LogP contribution in [0.3, 0.4) is 0 Å². The fourth-order valence-electron chi connectivity index (χ4n) is 0. The second-order valence-corrected chi connectivity index (χ2v) is 0.612. The molecule has 0 aliphatic rings. The van der Waals surface area contributed by atoms with E-state index in [0.717, 1.165) is 0 Å². The third-order valence-corrected chi connectivity index (χ3v) is 0. The Morgan fingerprint density at radius 2 is 1.00 bits per heavy atom. The maximum Gasteiger partial charge on any atom is 0.0218 e. The first-order valence-corrected chi connectivity index (χ1v) is 2.72. The van der Waals surface area contributed by atoms with Gasteiger partial charge in [-0.3, -0.25) is 18.0 Å². The summed E-state index contributed by atoms with van der Waals surface area (Å²) in [5.74, 6) is 0. The van der Waals surface area contributed by atoms with Crippen LogP contribution in [0.1, 0.15) is 0 Å². The molecule has 0 saturated carbocycles. The minimum absolute atomic E-state index is 0.917. The van der Waals surface area contributed by atoms with E-state index in [1.54, 1.807) is 0 Å². The monoisotopic (exact) mass is 130 g/mol. The standard InChI is InChI=1S/2H3NOS/c2*1-3-2/h2*1H,3H2. The maximum absolute atomic E-state index is 8.62. The second kappa shape index (κ2) is 20.6. The Hall–Kier alpha value is -0.100. The quantitative estimate of drug-likeness (QED) is 0.434. The Bertz CT molecular complexity index is 63.5. The Labute approximate surface area is 41.6 Å². The molecule has 40 valence electrons. The van der Waals surface area contributed by atoms with Crippen LogP contribution in [0, 0.1) is 9.56 Å². The fraction of sp³-hybridized carbons (Fsp3) is 0. The zero-order valence-electron chi connectivity index (χ0n) is 2.82. The molecule has 0 aromatic rings. The van der Waals surface area contributed by atoms with E-state index in [2.05, 4.69) is 0 Å². The normalized spacial score (nSPS) is 9.33. The van der Waals surface area contributed by atoms with Crippen LogP contribution in [-0.4, -0.2) is 8.42 Å². The van der Waals surface area contributed by atoms with Gasteiger partial charge in [0.15, 0.2) is 0 Å². The lowest BCUT2D eigenvalue weighted by molar-refractivity contribution is 0.696. The highest BCUT2D eigenvalue weighted by molar-refractivity contribution is 7.53. The molecule has 0 heterocycles. The highest BCUT2D eigenvalue weighted by Crippen LogP contribution is 0.961. The summed E-state index contributed by atoms with van der Waals surface area (Å²) in [5.41, 5.74) is 0. The summed E-state index contributed by atoms with van der Waals surface area (Å²) < 4.78 is 28.6. The van der Waals surface area contributed by atoms with Crippen LogP contribution in [0.25, 0.3) is 0 Å². The number of hydrogen-bond donors (Lipinski definition) is 2. The van der Waals surface area contributed by atoms with Gasteiger partial charge in [-0.25, -0.2) is 0 Å². The number of hydrogen-bond acceptors (Lipinski definition) is 4. The molecule has 0 unspecified atom stereocenters. The molecule has 6 heavy (non-hydrogen) atoms. The minimum atomic E-state index is -0.917. The van der Waals surface area contributed by atoms with Crippen LogP contribution in [-0.2, 0) is 22.9 Å². The van der Waals surface area contributed by atoms with E-state index >= 15 is 0 Å². The van der Waals surface area contributed by atoms with Crippen LogP contribution in [0.4, 0.5) is 0 Å². The average Bonchev–Trinajstić information content (AvgIpc) is 1.39. The first-order valence-electron chi connectivity index (χ1n) is 0.908. The molecule has 0 atom stereocenters. The van der Waals surface area contributed by atoms with E-state index in [-0.39, 0.29) is 0 Å². The molecule has 0 bridgehead atoms. The van der Waals surface area contributed by atoms with E-state index in [0.29, 0.717) is 0 Å². The molecule has 0 saturated heterocycles.